The lowest BCUT2D eigenvalue weighted by atomic mass is 10.2. The number of nitrogens with zero attached hydrogens (tertiary/aromatic N) is 2. The number of halogens is 2. The minimum absolute atomic E-state index is 0.543. The Labute approximate surface area is 112 Å². The van der Waals surface area contributed by atoms with E-state index in [-0.39, 0.29) is 0 Å². The van der Waals surface area contributed by atoms with E-state index >= 15 is 0 Å². The Morgan fingerprint density at radius 3 is 2.88 bits per heavy atom. The van der Waals surface area contributed by atoms with Gasteiger partial charge in [0.05, 0.1) is 26.8 Å². The van der Waals surface area contributed by atoms with Gasteiger partial charge >= 0.3 is 0 Å². The molecule has 1 heterocycles. The van der Waals surface area contributed by atoms with Gasteiger partial charge in [-0.3, -0.25) is 0 Å². The Bertz CT molecular complexity index is 593. The van der Waals surface area contributed by atoms with Crippen LogP contribution in [0.25, 0.3) is 0 Å². The highest BCUT2D eigenvalue weighted by molar-refractivity contribution is 9.10. The summed E-state index contributed by atoms with van der Waals surface area (Å²) in [7, 11) is 0. The van der Waals surface area contributed by atoms with E-state index in [0.29, 0.717) is 22.1 Å². The number of benzene rings is 1. The van der Waals surface area contributed by atoms with Crippen LogP contribution < -0.4 is 5.32 Å². The number of aromatic nitrogens is 1. The molecule has 0 aliphatic rings. The number of hydrogen-bond acceptors (Lipinski definition) is 3. The number of rotatable bonds is 2. The van der Waals surface area contributed by atoms with Gasteiger partial charge < -0.3 is 5.32 Å². The van der Waals surface area contributed by atoms with Crippen LogP contribution in [0.15, 0.2) is 41.0 Å². The molecular formula is C12H7BrClN3. The van der Waals surface area contributed by atoms with E-state index in [4.69, 9.17) is 16.9 Å². The lowest BCUT2D eigenvalue weighted by Gasteiger charge is -2.09. The molecule has 84 valence electrons. The monoisotopic (exact) mass is 307 g/mol. The number of hydrogen-bond donors (Lipinski definition) is 1. The molecule has 17 heavy (non-hydrogen) atoms. The first-order chi connectivity index (χ1) is 8.20. The highest BCUT2D eigenvalue weighted by Gasteiger charge is 2.05. The van der Waals surface area contributed by atoms with Crippen LogP contribution in [0.5, 0.6) is 0 Å². The second-order valence-corrected chi connectivity index (χ2v) is 4.53. The van der Waals surface area contributed by atoms with Crippen LogP contribution in [-0.2, 0) is 0 Å². The summed E-state index contributed by atoms with van der Waals surface area (Å²) < 4.78 is 0.832. The molecule has 3 nitrogen and oxygen atoms in total. The maximum Gasteiger partial charge on any atom is 0.144 e. The molecule has 0 radical (unpaired) electrons. The topological polar surface area (TPSA) is 48.7 Å². The first-order valence-electron chi connectivity index (χ1n) is 4.78. The largest absolute Gasteiger partial charge is 0.338 e. The van der Waals surface area contributed by atoms with Gasteiger partial charge in [0, 0.05) is 6.20 Å². The molecule has 2 rings (SSSR count). The zero-order chi connectivity index (χ0) is 12.3. The van der Waals surface area contributed by atoms with Crippen molar-refractivity contribution in [1.29, 1.82) is 5.26 Å². The van der Waals surface area contributed by atoms with Crippen molar-refractivity contribution in [1.82, 2.24) is 4.98 Å². The molecule has 0 spiro atoms. The molecule has 0 fully saturated rings. The van der Waals surface area contributed by atoms with Crippen molar-refractivity contribution in [2.24, 2.45) is 0 Å². The summed E-state index contributed by atoms with van der Waals surface area (Å²) in [5, 5.41) is 12.4. The van der Waals surface area contributed by atoms with E-state index in [9.17, 15) is 0 Å². The van der Waals surface area contributed by atoms with Gasteiger partial charge in [-0.15, -0.1) is 0 Å². The number of nitrogens with one attached hydrogen (secondary N) is 1. The summed E-state index contributed by atoms with van der Waals surface area (Å²) in [6.45, 7) is 0. The van der Waals surface area contributed by atoms with Crippen molar-refractivity contribution in [3.8, 4) is 6.07 Å². The maximum atomic E-state index is 8.83. The molecule has 0 aliphatic heterocycles. The predicted octanol–water partition coefficient (Wildman–Crippen LogP) is 4.11. The molecule has 0 amide bonds. The zero-order valence-electron chi connectivity index (χ0n) is 8.61. The highest BCUT2D eigenvalue weighted by Crippen LogP contribution is 2.28. The quantitative estimate of drug-likeness (QED) is 0.908. The third kappa shape index (κ3) is 2.76. The summed E-state index contributed by atoms with van der Waals surface area (Å²) in [5.41, 5.74) is 1.20. The summed E-state index contributed by atoms with van der Waals surface area (Å²) in [5.74, 6) is 0.657. The van der Waals surface area contributed by atoms with Crippen LogP contribution in [0.4, 0.5) is 11.5 Å². The third-order valence-corrected chi connectivity index (χ3v) is 3.08. The number of anilines is 2. The van der Waals surface area contributed by atoms with Gasteiger partial charge in [0.25, 0.3) is 0 Å². The second-order valence-electron chi connectivity index (χ2n) is 3.27. The third-order valence-electron chi connectivity index (χ3n) is 2.11. The van der Waals surface area contributed by atoms with E-state index in [1.807, 2.05) is 12.1 Å². The Morgan fingerprint density at radius 1 is 1.35 bits per heavy atom. The molecule has 1 aromatic heterocycles. The lowest BCUT2D eigenvalue weighted by molar-refractivity contribution is 1.29. The molecule has 0 atom stereocenters. The van der Waals surface area contributed by atoms with Crippen molar-refractivity contribution in [2.45, 2.75) is 0 Å². The molecule has 0 bridgehead atoms. The van der Waals surface area contributed by atoms with Crippen LogP contribution in [0.2, 0.25) is 5.02 Å². The minimum atomic E-state index is 0.543. The molecule has 0 aliphatic carbocycles. The van der Waals surface area contributed by atoms with Crippen molar-refractivity contribution in [3.63, 3.8) is 0 Å². The second kappa shape index (κ2) is 5.17. The lowest BCUT2D eigenvalue weighted by Crippen LogP contribution is -1.95. The Morgan fingerprint density at radius 2 is 2.18 bits per heavy atom. The van der Waals surface area contributed by atoms with Gasteiger partial charge in [0.15, 0.2) is 0 Å². The smallest absolute Gasteiger partial charge is 0.144 e. The molecular weight excluding hydrogens is 302 g/mol. The average Bonchev–Trinajstić information content (AvgIpc) is 2.35. The first-order valence-corrected chi connectivity index (χ1v) is 5.95. The van der Waals surface area contributed by atoms with E-state index < -0.39 is 0 Å². The van der Waals surface area contributed by atoms with Crippen molar-refractivity contribution in [2.75, 3.05) is 5.32 Å². The Kier molecular flexibility index (Phi) is 3.62. The van der Waals surface area contributed by atoms with Gasteiger partial charge in [0.2, 0.25) is 0 Å². The molecule has 2 aromatic rings. The van der Waals surface area contributed by atoms with Crippen LogP contribution >= 0.6 is 27.5 Å². The molecule has 5 heteroatoms. The van der Waals surface area contributed by atoms with Crippen molar-refractivity contribution in [3.05, 3.63) is 51.6 Å². The average molecular weight is 309 g/mol. The summed E-state index contributed by atoms with van der Waals surface area (Å²) in [6.07, 6.45) is 1.68. The van der Waals surface area contributed by atoms with Crippen molar-refractivity contribution < 1.29 is 0 Å². The van der Waals surface area contributed by atoms with Gasteiger partial charge in [-0.1, -0.05) is 11.6 Å². The standard InChI is InChI=1S/C12H7BrClN3/c13-9-2-1-5-16-12(9)17-11-6-8(7-15)3-4-10(11)14/h1-6H,(H,16,17). The summed E-state index contributed by atoms with van der Waals surface area (Å²) in [6, 6.07) is 10.8. The number of nitriles is 1. The normalized spacial score (nSPS) is 9.71. The van der Waals surface area contributed by atoms with E-state index in [1.165, 1.54) is 0 Å². The molecule has 0 saturated carbocycles. The SMILES string of the molecule is N#Cc1ccc(Cl)c(Nc2ncccc2Br)c1. The number of pyridine rings is 1. The van der Waals surface area contributed by atoms with E-state index in [2.05, 4.69) is 32.3 Å². The Balaban J connectivity index is 2.37. The highest BCUT2D eigenvalue weighted by atomic mass is 79.9. The van der Waals surface area contributed by atoms with Crippen LogP contribution in [0, 0.1) is 11.3 Å². The minimum Gasteiger partial charge on any atom is -0.338 e. The fourth-order valence-electron chi connectivity index (χ4n) is 1.30. The predicted molar refractivity (Wildman–Crippen MR) is 71.4 cm³/mol. The first kappa shape index (κ1) is 11.9. The van der Waals surface area contributed by atoms with E-state index in [0.717, 1.165) is 4.47 Å². The van der Waals surface area contributed by atoms with Gasteiger partial charge in [-0.25, -0.2) is 4.98 Å². The molecule has 0 unspecified atom stereocenters. The van der Waals surface area contributed by atoms with Crippen LogP contribution in [0.1, 0.15) is 5.56 Å². The van der Waals surface area contributed by atoms with Crippen LogP contribution in [0.3, 0.4) is 0 Å². The summed E-state index contributed by atoms with van der Waals surface area (Å²) >= 11 is 9.42. The fraction of sp³-hybridized carbons (Fsp3) is 0. The summed E-state index contributed by atoms with van der Waals surface area (Å²) in [4.78, 5) is 4.17. The van der Waals surface area contributed by atoms with Crippen molar-refractivity contribution >= 4 is 39.0 Å². The Hall–Kier alpha value is -1.57. The van der Waals surface area contributed by atoms with E-state index in [1.54, 1.807) is 24.4 Å². The molecule has 1 N–H and O–H groups in total. The van der Waals surface area contributed by atoms with Gasteiger partial charge in [0.1, 0.15) is 5.82 Å². The van der Waals surface area contributed by atoms with Crippen LogP contribution in [-0.4, -0.2) is 4.98 Å². The zero-order valence-corrected chi connectivity index (χ0v) is 11.0. The van der Waals surface area contributed by atoms with Gasteiger partial charge in [-0.05, 0) is 46.3 Å². The molecule has 1 aromatic carbocycles. The fourth-order valence-corrected chi connectivity index (χ4v) is 1.81. The maximum absolute atomic E-state index is 8.83. The molecule has 0 saturated heterocycles. The van der Waals surface area contributed by atoms with Gasteiger partial charge in [-0.2, -0.15) is 5.26 Å².